The summed E-state index contributed by atoms with van der Waals surface area (Å²) in [5.41, 5.74) is 1.93. The van der Waals surface area contributed by atoms with Crippen LogP contribution in [0.2, 0.25) is 5.02 Å². The summed E-state index contributed by atoms with van der Waals surface area (Å²) in [5, 5.41) is 8.28. The van der Waals surface area contributed by atoms with Gasteiger partial charge in [-0.15, -0.1) is 11.8 Å². The second-order valence-corrected chi connectivity index (χ2v) is 8.15. The van der Waals surface area contributed by atoms with Gasteiger partial charge in [0.2, 0.25) is 0 Å². The van der Waals surface area contributed by atoms with Gasteiger partial charge >= 0.3 is 0 Å². The van der Waals surface area contributed by atoms with Crippen LogP contribution in [-0.2, 0) is 13.1 Å². The molecule has 4 rings (SSSR count). The molecule has 9 heteroatoms. The van der Waals surface area contributed by atoms with Gasteiger partial charge < -0.3 is 5.32 Å². The first kappa shape index (κ1) is 21.1. The topological polar surface area (TPSA) is 81.8 Å². The number of hydrogen-bond donors (Lipinski definition) is 1. The predicted molar refractivity (Wildman–Crippen MR) is 123 cm³/mol. The zero-order valence-corrected chi connectivity index (χ0v) is 18.4. The molecule has 0 saturated carbocycles. The van der Waals surface area contributed by atoms with E-state index in [1.54, 1.807) is 27.4 Å². The predicted octanol–water partition coefficient (Wildman–Crippen LogP) is 3.45. The van der Waals surface area contributed by atoms with Crippen molar-refractivity contribution in [2.24, 2.45) is 0 Å². The Bertz CT molecular complexity index is 1280. The second kappa shape index (κ2) is 9.36. The number of thioether (sulfide) groups is 1. The van der Waals surface area contributed by atoms with Gasteiger partial charge in [-0.25, -0.2) is 9.67 Å². The number of aromatic nitrogens is 4. The van der Waals surface area contributed by atoms with Gasteiger partial charge in [-0.1, -0.05) is 35.9 Å². The van der Waals surface area contributed by atoms with E-state index in [0.717, 1.165) is 10.5 Å². The summed E-state index contributed by atoms with van der Waals surface area (Å²) in [4.78, 5) is 30.6. The maximum absolute atomic E-state index is 12.8. The zero-order valence-electron chi connectivity index (χ0n) is 16.8. The normalized spacial score (nSPS) is 11.0. The van der Waals surface area contributed by atoms with Crippen LogP contribution in [0.25, 0.3) is 11.0 Å². The van der Waals surface area contributed by atoms with Crippen molar-refractivity contribution in [1.29, 1.82) is 0 Å². The van der Waals surface area contributed by atoms with Crippen LogP contribution in [0.15, 0.2) is 70.7 Å². The molecule has 0 radical (unpaired) electrons. The lowest BCUT2D eigenvalue weighted by molar-refractivity contribution is 0.0949. The van der Waals surface area contributed by atoms with Gasteiger partial charge in [-0.05, 0) is 36.1 Å². The Balaban J connectivity index is 1.45. The van der Waals surface area contributed by atoms with E-state index in [4.69, 9.17) is 11.6 Å². The summed E-state index contributed by atoms with van der Waals surface area (Å²) in [6.45, 7) is 1.17. The lowest BCUT2D eigenvalue weighted by atomic mass is 10.2. The van der Waals surface area contributed by atoms with Gasteiger partial charge in [0.15, 0.2) is 5.65 Å². The van der Waals surface area contributed by atoms with Gasteiger partial charge in [-0.2, -0.15) is 5.10 Å². The Morgan fingerprint density at radius 2 is 1.94 bits per heavy atom. The number of benzene rings is 2. The van der Waals surface area contributed by atoms with E-state index in [9.17, 15) is 9.59 Å². The lowest BCUT2D eigenvalue weighted by Gasteiger charge is -2.09. The first-order valence-corrected chi connectivity index (χ1v) is 11.2. The fourth-order valence-electron chi connectivity index (χ4n) is 3.26. The maximum Gasteiger partial charge on any atom is 0.264 e. The molecule has 0 aliphatic rings. The Hall–Kier alpha value is -3.10. The molecule has 158 valence electrons. The number of amides is 1. The highest BCUT2D eigenvalue weighted by Crippen LogP contribution is 2.19. The fourth-order valence-corrected chi connectivity index (χ4v) is 3.98. The Morgan fingerprint density at radius 1 is 1.16 bits per heavy atom. The standard InChI is InChI=1S/C22H20ClN5O2S/c1-31-19-5-3-2-4-17(19)21(29)24-10-11-28-20-18(12-26-28)22(30)27(14-25-20)13-15-6-8-16(23)9-7-15/h2-9,12,14H,10-11,13H2,1H3,(H,24,29). The molecule has 1 N–H and O–H groups in total. The molecule has 0 aliphatic carbocycles. The lowest BCUT2D eigenvalue weighted by Crippen LogP contribution is -2.28. The highest BCUT2D eigenvalue weighted by molar-refractivity contribution is 7.98. The number of halogens is 1. The van der Waals surface area contributed by atoms with E-state index in [-0.39, 0.29) is 11.5 Å². The van der Waals surface area contributed by atoms with Gasteiger partial charge in [0.1, 0.15) is 11.7 Å². The van der Waals surface area contributed by atoms with Crippen LogP contribution in [-0.4, -0.2) is 38.0 Å². The van der Waals surface area contributed by atoms with Crippen LogP contribution < -0.4 is 10.9 Å². The molecule has 0 atom stereocenters. The van der Waals surface area contributed by atoms with E-state index in [0.29, 0.717) is 41.3 Å². The van der Waals surface area contributed by atoms with E-state index < -0.39 is 0 Å². The molecule has 31 heavy (non-hydrogen) atoms. The summed E-state index contributed by atoms with van der Waals surface area (Å²) < 4.78 is 3.17. The van der Waals surface area contributed by atoms with Crippen LogP contribution in [0.3, 0.4) is 0 Å². The average molecular weight is 454 g/mol. The molecule has 4 aromatic rings. The monoisotopic (exact) mass is 453 g/mol. The molecule has 0 unspecified atom stereocenters. The van der Waals surface area contributed by atoms with Crippen molar-refractivity contribution in [3.8, 4) is 0 Å². The SMILES string of the molecule is CSc1ccccc1C(=O)NCCn1ncc2c(=O)n(Cc3ccc(Cl)cc3)cnc21. The van der Waals surface area contributed by atoms with Crippen LogP contribution >= 0.6 is 23.4 Å². The minimum absolute atomic E-state index is 0.139. The van der Waals surface area contributed by atoms with Crippen LogP contribution in [0, 0.1) is 0 Å². The van der Waals surface area contributed by atoms with Crippen molar-refractivity contribution in [3.05, 3.63) is 87.6 Å². The highest BCUT2D eigenvalue weighted by Gasteiger charge is 2.12. The van der Waals surface area contributed by atoms with Crippen molar-refractivity contribution in [2.75, 3.05) is 12.8 Å². The van der Waals surface area contributed by atoms with Crippen LogP contribution in [0.5, 0.6) is 0 Å². The summed E-state index contributed by atoms with van der Waals surface area (Å²) >= 11 is 7.45. The second-order valence-electron chi connectivity index (χ2n) is 6.87. The number of hydrogen-bond acceptors (Lipinski definition) is 5. The minimum Gasteiger partial charge on any atom is -0.350 e. The molecule has 0 bridgehead atoms. The Morgan fingerprint density at radius 3 is 2.71 bits per heavy atom. The number of carbonyl (C=O) groups excluding carboxylic acids is 1. The van der Waals surface area contributed by atoms with Crippen molar-refractivity contribution >= 4 is 40.3 Å². The Labute approximate surface area is 188 Å². The third-order valence-corrected chi connectivity index (χ3v) is 5.90. The summed E-state index contributed by atoms with van der Waals surface area (Å²) in [5.74, 6) is -0.139. The molecule has 1 amide bonds. The van der Waals surface area contributed by atoms with Gasteiger partial charge in [0.25, 0.3) is 11.5 Å². The van der Waals surface area contributed by atoms with Crippen molar-refractivity contribution in [1.82, 2.24) is 24.6 Å². The van der Waals surface area contributed by atoms with Crippen molar-refractivity contribution in [2.45, 2.75) is 18.0 Å². The summed E-state index contributed by atoms with van der Waals surface area (Å²) in [6, 6.07) is 14.8. The molecule has 7 nitrogen and oxygen atoms in total. The number of carbonyl (C=O) groups is 1. The van der Waals surface area contributed by atoms with E-state index in [2.05, 4.69) is 15.4 Å². The number of nitrogens with zero attached hydrogens (tertiary/aromatic N) is 4. The number of rotatable bonds is 7. The van der Waals surface area contributed by atoms with Crippen LogP contribution in [0.1, 0.15) is 15.9 Å². The first-order chi connectivity index (χ1) is 15.1. The largest absolute Gasteiger partial charge is 0.350 e. The van der Waals surface area contributed by atoms with Gasteiger partial charge in [0.05, 0.1) is 24.8 Å². The third-order valence-electron chi connectivity index (χ3n) is 4.85. The molecule has 0 aliphatic heterocycles. The molecule has 2 aromatic carbocycles. The highest BCUT2D eigenvalue weighted by atomic mass is 35.5. The number of fused-ring (bicyclic) bond motifs is 1. The van der Waals surface area contributed by atoms with Gasteiger partial charge in [-0.3, -0.25) is 14.2 Å². The smallest absolute Gasteiger partial charge is 0.264 e. The molecular weight excluding hydrogens is 434 g/mol. The Kier molecular flexibility index (Phi) is 6.39. The third kappa shape index (κ3) is 4.65. The fraction of sp³-hybridized carbons (Fsp3) is 0.182. The average Bonchev–Trinajstić information content (AvgIpc) is 3.20. The van der Waals surface area contributed by atoms with E-state index in [1.165, 1.54) is 24.3 Å². The molecule has 2 heterocycles. The van der Waals surface area contributed by atoms with E-state index in [1.807, 2.05) is 36.6 Å². The molecular formula is C22H20ClN5O2S. The van der Waals surface area contributed by atoms with Crippen LogP contribution in [0.4, 0.5) is 0 Å². The summed E-state index contributed by atoms with van der Waals surface area (Å²) in [7, 11) is 0. The van der Waals surface area contributed by atoms with E-state index >= 15 is 0 Å². The molecule has 0 fully saturated rings. The van der Waals surface area contributed by atoms with Crippen molar-refractivity contribution < 1.29 is 4.79 Å². The quantitative estimate of drug-likeness (QED) is 0.433. The number of nitrogens with one attached hydrogen (secondary N) is 1. The molecule has 0 spiro atoms. The molecule has 2 aromatic heterocycles. The van der Waals surface area contributed by atoms with Gasteiger partial charge in [0, 0.05) is 16.5 Å². The maximum atomic E-state index is 12.8. The zero-order chi connectivity index (χ0) is 21.8. The first-order valence-electron chi connectivity index (χ1n) is 9.63. The van der Waals surface area contributed by atoms with Crippen molar-refractivity contribution in [3.63, 3.8) is 0 Å². The molecule has 0 saturated heterocycles. The minimum atomic E-state index is -0.163. The summed E-state index contributed by atoms with van der Waals surface area (Å²) in [6.07, 6.45) is 4.98.